The van der Waals surface area contributed by atoms with Crippen molar-refractivity contribution in [1.82, 2.24) is 0 Å². The zero-order valence-corrected chi connectivity index (χ0v) is 57.2. The number of hydrogen-bond donors (Lipinski definition) is 8. The Balaban J connectivity index is 0.698. The fraction of sp³-hybridized carbons (Fsp3) is 0.746. The van der Waals surface area contributed by atoms with Crippen molar-refractivity contribution in [1.29, 1.82) is 0 Å². The molecule has 0 aromatic heterocycles. The van der Waals surface area contributed by atoms with Gasteiger partial charge in [0.15, 0.2) is 31.5 Å². The summed E-state index contributed by atoms with van der Waals surface area (Å²) in [5, 5.41) is 92.5. The number of aliphatic hydroxyl groups excluding tert-OH is 5. The summed E-state index contributed by atoms with van der Waals surface area (Å²) in [6.07, 6.45) is -16.1. The highest BCUT2D eigenvalue weighted by Gasteiger charge is 2.82. The van der Waals surface area contributed by atoms with Crippen LogP contribution >= 0.6 is 0 Å². The fourth-order valence-corrected chi connectivity index (χ4v) is 17.6. The number of methoxy groups -OCH3 is 4. The number of carbonyl (C=O) groups is 2. The lowest BCUT2D eigenvalue weighted by Gasteiger charge is -2.67. The minimum absolute atomic E-state index is 0.0466. The smallest absolute Gasteiger partial charge is 0.338 e. The Bertz CT molecular complexity index is 3020. The van der Waals surface area contributed by atoms with E-state index in [-0.39, 0.29) is 50.2 Å². The van der Waals surface area contributed by atoms with Gasteiger partial charge in [-0.3, -0.25) is 0 Å². The zero-order chi connectivity index (χ0) is 69.7. The Kier molecular flexibility index (Phi) is 23.0. The summed E-state index contributed by atoms with van der Waals surface area (Å²) in [5.74, 6) is -1.99. The van der Waals surface area contributed by atoms with Gasteiger partial charge in [0.1, 0.15) is 90.1 Å². The van der Waals surface area contributed by atoms with Gasteiger partial charge >= 0.3 is 11.9 Å². The Morgan fingerprint density at radius 3 is 1.71 bits per heavy atom. The molecule has 2 aromatic rings. The number of rotatable bonds is 21. The van der Waals surface area contributed by atoms with E-state index in [0.29, 0.717) is 25.7 Å². The van der Waals surface area contributed by atoms with Crippen LogP contribution in [0.2, 0.25) is 0 Å². The summed E-state index contributed by atoms with van der Waals surface area (Å²) in [6, 6.07) is 17.7. The normalized spacial score (nSPS) is 46.5. The molecule has 26 nitrogen and oxygen atoms in total. The number of ether oxygens (including phenoxy) is 16. The van der Waals surface area contributed by atoms with Crippen molar-refractivity contribution in [2.75, 3.05) is 35.0 Å². The minimum Gasteiger partial charge on any atom is -0.458 e. The predicted molar refractivity (Wildman–Crippen MR) is 340 cm³/mol. The van der Waals surface area contributed by atoms with Gasteiger partial charge in [-0.05, 0) is 109 Å². The highest BCUT2D eigenvalue weighted by atomic mass is 16.8. The van der Waals surface area contributed by atoms with Gasteiger partial charge in [-0.15, -0.1) is 0 Å². The van der Waals surface area contributed by atoms with E-state index in [2.05, 4.69) is 6.92 Å². The van der Waals surface area contributed by atoms with Gasteiger partial charge in [-0.2, -0.15) is 0 Å². The Morgan fingerprint density at radius 2 is 1.14 bits per heavy atom. The van der Waals surface area contributed by atoms with Crippen LogP contribution in [0.5, 0.6) is 0 Å². The molecule has 26 heteroatoms. The molecular formula is C71H102O26. The Morgan fingerprint density at radius 1 is 0.608 bits per heavy atom. The highest BCUT2D eigenvalue weighted by Crippen LogP contribution is 2.71. The van der Waals surface area contributed by atoms with Crippen molar-refractivity contribution in [3.05, 3.63) is 89.5 Å². The molecule has 542 valence electrons. The molecule has 31 atom stereocenters. The lowest BCUT2D eigenvalue weighted by molar-refractivity contribution is -0.374. The first-order valence-corrected chi connectivity index (χ1v) is 34.2. The van der Waals surface area contributed by atoms with Crippen LogP contribution in [0.25, 0.3) is 6.08 Å². The van der Waals surface area contributed by atoms with Crippen LogP contribution in [0.4, 0.5) is 0 Å². The van der Waals surface area contributed by atoms with Gasteiger partial charge in [0.05, 0.1) is 66.4 Å². The van der Waals surface area contributed by atoms with Gasteiger partial charge < -0.3 is 117 Å². The van der Waals surface area contributed by atoms with Crippen LogP contribution in [-0.4, -0.2) is 258 Å². The standard InChI is InChI=1S/C71H102O26/c1-36-59(94-53-32-46(83-9)60(37(2)87-53)95-54-33-47(84-10)61(38(3)88-54)96-66-58(77)63(85-11)62(39(4)89-66)97-65-57(76)56(75)55(74)48(35-72)92-65)45(82-8)31-52(86-36)91-44-25-26-67(6)43(30-44)24-27-70(80)49(67)34-50(93-51(73)23-22-41-18-14-12-15-19-41)68(7)69(79,28-29-71(68,70)81)40(5)90-64(78)42-20-16-13-17-21-42/h12-24,36-40,44-50,52-63,65-66,72,74-77,79-81H,25-35H2,1-11H3/b23-22+/t36-,37-,38-,39-,40+,44+,45+,46-,47-,48-,49-,50-,52+,53+,54+,55-,56+,57-,58-,59-,60-,61-,62-,63+,65+,66+,67+,68-,69-,70+,71-/m1/s1. The molecular weight excluding hydrogens is 1270 g/mol. The second kappa shape index (κ2) is 30.1. The van der Waals surface area contributed by atoms with Crippen molar-refractivity contribution < 1.29 is 126 Å². The average Bonchev–Trinajstić information content (AvgIpc) is 1.58. The molecule has 2 aromatic carbocycles. The number of fused-ring (bicyclic) bond motifs is 5. The number of hydrogen-bond acceptors (Lipinski definition) is 26. The molecule has 5 aliphatic heterocycles. The van der Waals surface area contributed by atoms with E-state index in [1.54, 1.807) is 78.3 Å². The molecule has 0 bridgehead atoms. The van der Waals surface area contributed by atoms with Gasteiger partial charge in [-0.1, -0.05) is 74.0 Å². The van der Waals surface area contributed by atoms with E-state index in [1.165, 1.54) is 20.3 Å². The van der Waals surface area contributed by atoms with Crippen LogP contribution in [0.3, 0.4) is 0 Å². The maximum absolute atomic E-state index is 14.0. The van der Waals surface area contributed by atoms with Crippen LogP contribution in [0, 0.1) is 16.7 Å². The summed E-state index contributed by atoms with van der Waals surface area (Å²) in [6.45, 7) is 11.9. The lowest BCUT2D eigenvalue weighted by atomic mass is 9.42. The van der Waals surface area contributed by atoms with Crippen LogP contribution in [0.15, 0.2) is 78.4 Å². The third-order valence-corrected chi connectivity index (χ3v) is 23.2. The third kappa shape index (κ3) is 14.0. The Hall–Kier alpha value is -4.02. The number of esters is 2. The first-order chi connectivity index (χ1) is 46.2. The summed E-state index contributed by atoms with van der Waals surface area (Å²) < 4.78 is 100. The zero-order valence-electron chi connectivity index (χ0n) is 57.2. The van der Waals surface area contributed by atoms with Crippen LogP contribution in [-0.2, 0) is 80.6 Å². The maximum atomic E-state index is 14.0. The maximum Gasteiger partial charge on any atom is 0.338 e. The molecule has 9 aliphatic rings. The monoisotopic (exact) mass is 1370 g/mol. The molecule has 8 N–H and O–H groups in total. The van der Waals surface area contributed by atoms with Crippen molar-refractivity contribution in [2.24, 2.45) is 16.7 Å². The third-order valence-electron chi connectivity index (χ3n) is 23.2. The van der Waals surface area contributed by atoms with Crippen LogP contribution in [0.1, 0.15) is 129 Å². The lowest BCUT2D eigenvalue weighted by Crippen LogP contribution is -2.78. The van der Waals surface area contributed by atoms with Crippen molar-refractivity contribution >= 4 is 18.0 Å². The second-order valence-electron chi connectivity index (χ2n) is 28.5. The molecule has 5 saturated heterocycles. The molecule has 0 spiro atoms. The largest absolute Gasteiger partial charge is 0.458 e. The molecule has 0 radical (unpaired) electrons. The Labute approximate surface area is 566 Å². The SMILES string of the molecule is CO[C@H]1[C@@H](O)[C@H](O[C@@H]2[C@@H](C)O[C@@H](O[C@@H]3[C@@H](C)O[C@@H](O[C@H]4[C@@H](OC)C[C@H](O[C@H]5CC[C@@]6(C)C(=CC[C@]7(O)[C@@H]6C[C@@H](OC(=O)/C=C/c6ccccc6)[C@@]6(C)[C@]7(O)CC[C@@]6(O)[C@H](C)OC(=O)c6ccccc6)C5)O[C@@H]4C)C[C@H]3OC)C[C@H]2OC)O[C@H](C)[C@H]1O[C@@H]1O[C@H](CO)[C@@H](O)[C@H](O)[C@H]1O. The number of aliphatic hydroxyl groups is 8. The fourth-order valence-electron chi connectivity index (χ4n) is 17.6. The molecule has 8 fully saturated rings. The number of benzene rings is 2. The van der Waals surface area contributed by atoms with Gasteiger partial charge in [0, 0.05) is 59.7 Å². The molecule has 3 saturated carbocycles. The van der Waals surface area contributed by atoms with Crippen molar-refractivity contribution in [3.63, 3.8) is 0 Å². The van der Waals surface area contributed by atoms with E-state index in [9.17, 15) is 50.4 Å². The second-order valence-corrected chi connectivity index (χ2v) is 28.5. The first kappa shape index (κ1) is 74.2. The summed E-state index contributed by atoms with van der Waals surface area (Å²) in [7, 11) is 6.10. The quantitative estimate of drug-likeness (QED) is 0.0502. The molecule has 5 heterocycles. The van der Waals surface area contributed by atoms with Crippen molar-refractivity contribution in [2.45, 2.75) is 283 Å². The molecule has 97 heavy (non-hydrogen) atoms. The van der Waals surface area contributed by atoms with Gasteiger partial charge in [-0.25, -0.2) is 9.59 Å². The van der Waals surface area contributed by atoms with E-state index in [4.69, 9.17) is 75.8 Å². The van der Waals surface area contributed by atoms with E-state index >= 15 is 0 Å². The molecule has 0 amide bonds. The molecule has 11 rings (SSSR count). The van der Waals surface area contributed by atoms with Gasteiger partial charge in [0.2, 0.25) is 0 Å². The molecule has 4 aliphatic carbocycles. The average molecular weight is 1370 g/mol. The van der Waals surface area contributed by atoms with E-state index in [0.717, 1.165) is 11.1 Å². The minimum atomic E-state index is -2.02. The number of carbonyl (C=O) groups excluding carboxylic acids is 2. The van der Waals surface area contributed by atoms with E-state index in [1.807, 2.05) is 50.3 Å². The summed E-state index contributed by atoms with van der Waals surface area (Å²) in [5.41, 5.74) is -6.11. The van der Waals surface area contributed by atoms with Crippen LogP contribution < -0.4 is 0 Å². The predicted octanol–water partition coefficient (Wildman–Crippen LogP) is 3.69. The van der Waals surface area contributed by atoms with Crippen molar-refractivity contribution in [3.8, 4) is 0 Å². The molecule has 0 unspecified atom stereocenters. The first-order valence-electron chi connectivity index (χ1n) is 34.2. The summed E-state index contributed by atoms with van der Waals surface area (Å²) in [4.78, 5) is 27.6. The highest BCUT2D eigenvalue weighted by molar-refractivity contribution is 5.89. The summed E-state index contributed by atoms with van der Waals surface area (Å²) >= 11 is 0. The topological polar surface area (TPSA) is 344 Å². The van der Waals surface area contributed by atoms with Gasteiger partial charge in [0.25, 0.3) is 0 Å². The van der Waals surface area contributed by atoms with E-state index < -0.39 is 200 Å².